The number of nitrogens with one attached hydrogen (secondary N) is 1. The number of hydrogen-bond acceptors (Lipinski definition) is 6. The standard InChI is InChI=1S/C25H38N4O3/c1-31-23-17-22(18-24(19-23)32-2)29-15-13-28(14-16-29)12-10-20-6-8-21(9-7-20)27-25(30)5-3-4-11-26/h17-21H,3-10,12-16H2,1-2H3,(H,27,30). The highest BCUT2D eigenvalue weighted by atomic mass is 16.5. The van der Waals surface area contributed by atoms with Gasteiger partial charge in [-0.15, -0.1) is 0 Å². The van der Waals surface area contributed by atoms with Crippen molar-refractivity contribution < 1.29 is 14.3 Å². The lowest BCUT2D eigenvalue weighted by atomic mass is 9.84. The quantitative estimate of drug-likeness (QED) is 0.558. The molecule has 1 N–H and O–H groups in total. The van der Waals surface area contributed by atoms with E-state index in [9.17, 15) is 4.79 Å². The van der Waals surface area contributed by atoms with Crippen molar-refractivity contribution in [3.63, 3.8) is 0 Å². The number of carbonyl (C=O) groups is 1. The van der Waals surface area contributed by atoms with E-state index in [0.717, 1.165) is 68.7 Å². The van der Waals surface area contributed by atoms with Crippen molar-refractivity contribution in [2.24, 2.45) is 5.92 Å². The van der Waals surface area contributed by atoms with E-state index in [1.165, 1.54) is 19.3 Å². The molecule has 7 heteroatoms. The van der Waals surface area contributed by atoms with Gasteiger partial charge in [0.05, 0.1) is 20.3 Å². The second kappa shape index (κ2) is 12.5. The molecule has 1 aromatic rings. The number of rotatable bonds is 10. The lowest BCUT2D eigenvalue weighted by Gasteiger charge is -2.37. The van der Waals surface area contributed by atoms with Crippen molar-refractivity contribution in [2.45, 2.75) is 57.4 Å². The van der Waals surface area contributed by atoms with Gasteiger partial charge in [-0.2, -0.15) is 5.26 Å². The molecule has 1 saturated heterocycles. The third kappa shape index (κ3) is 7.30. The van der Waals surface area contributed by atoms with Crippen molar-refractivity contribution in [1.82, 2.24) is 10.2 Å². The topological polar surface area (TPSA) is 77.8 Å². The van der Waals surface area contributed by atoms with E-state index in [1.807, 2.05) is 6.07 Å². The van der Waals surface area contributed by atoms with Crippen LogP contribution in [0.1, 0.15) is 51.4 Å². The number of carbonyl (C=O) groups excluding carboxylic acids is 1. The number of amides is 1. The number of nitrogens with zero attached hydrogens (tertiary/aromatic N) is 3. The van der Waals surface area contributed by atoms with E-state index >= 15 is 0 Å². The predicted octanol–water partition coefficient (Wildman–Crippen LogP) is 3.58. The van der Waals surface area contributed by atoms with Gasteiger partial charge in [-0.05, 0) is 51.0 Å². The summed E-state index contributed by atoms with van der Waals surface area (Å²) in [6.07, 6.45) is 7.41. The van der Waals surface area contributed by atoms with Gasteiger partial charge in [0.2, 0.25) is 5.91 Å². The molecule has 176 valence electrons. The lowest BCUT2D eigenvalue weighted by molar-refractivity contribution is -0.122. The zero-order valence-corrected chi connectivity index (χ0v) is 19.6. The summed E-state index contributed by atoms with van der Waals surface area (Å²) in [5.41, 5.74) is 1.16. The Morgan fingerprint density at radius 2 is 1.72 bits per heavy atom. The first-order valence-corrected chi connectivity index (χ1v) is 12.0. The minimum absolute atomic E-state index is 0.107. The van der Waals surface area contributed by atoms with Crippen molar-refractivity contribution in [2.75, 3.05) is 51.8 Å². The van der Waals surface area contributed by atoms with Crippen LogP contribution in [0.15, 0.2) is 18.2 Å². The van der Waals surface area contributed by atoms with Gasteiger partial charge < -0.3 is 19.7 Å². The normalized spacial score (nSPS) is 21.6. The first-order chi connectivity index (χ1) is 15.6. The third-order valence-electron chi connectivity index (χ3n) is 6.83. The molecule has 0 bridgehead atoms. The molecule has 2 fully saturated rings. The molecule has 1 aliphatic carbocycles. The van der Waals surface area contributed by atoms with E-state index in [0.29, 0.717) is 25.3 Å². The zero-order chi connectivity index (χ0) is 22.8. The highest BCUT2D eigenvalue weighted by Gasteiger charge is 2.24. The van der Waals surface area contributed by atoms with Gasteiger partial charge in [0, 0.05) is 68.9 Å². The third-order valence-corrected chi connectivity index (χ3v) is 6.83. The minimum Gasteiger partial charge on any atom is -0.497 e. The van der Waals surface area contributed by atoms with E-state index in [4.69, 9.17) is 14.7 Å². The van der Waals surface area contributed by atoms with Crippen LogP contribution >= 0.6 is 0 Å². The molecule has 0 spiro atoms. The number of methoxy groups -OCH3 is 2. The molecule has 7 nitrogen and oxygen atoms in total. The first-order valence-electron chi connectivity index (χ1n) is 12.0. The van der Waals surface area contributed by atoms with Crippen LogP contribution in [0, 0.1) is 17.2 Å². The summed E-state index contributed by atoms with van der Waals surface area (Å²) in [7, 11) is 3.38. The van der Waals surface area contributed by atoms with Crippen LogP contribution in [0.25, 0.3) is 0 Å². The maximum Gasteiger partial charge on any atom is 0.220 e. The van der Waals surface area contributed by atoms with Gasteiger partial charge in [0.25, 0.3) is 0 Å². The molecular formula is C25H38N4O3. The molecule has 0 radical (unpaired) electrons. The molecular weight excluding hydrogens is 404 g/mol. The van der Waals surface area contributed by atoms with Gasteiger partial charge in [0.1, 0.15) is 11.5 Å². The Labute approximate surface area is 192 Å². The summed E-state index contributed by atoms with van der Waals surface area (Å²) < 4.78 is 10.8. The fourth-order valence-electron chi connectivity index (χ4n) is 4.79. The van der Waals surface area contributed by atoms with Crippen LogP contribution in [-0.2, 0) is 4.79 Å². The van der Waals surface area contributed by atoms with Crippen LogP contribution < -0.4 is 19.7 Å². The van der Waals surface area contributed by atoms with Gasteiger partial charge in [0.15, 0.2) is 0 Å². The Morgan fingerprint density at radius 1 is 1.06 bits per heavy atom. The highest BCUT2D eigenvalue weighted by molar-refractivity contribution is 5.76. The van der Waals surface area contributed by atoms with Crippen molar-refractivity contribution >= 4 is 11.6 Å². The first kappa shape index (κ1) is 24.2. The summed E-state index contributed by atoms with van der Waals surface area (Å²) in [5.74, 6) is 2.53. The summed E-state index contributed by atoms with van der Waals surface area (Å²) in [6.45, 7) is 5.34. The highest BCUT2D eigenvalue weighted by Crippen LogP contribution is 2.30. The molecule has 3 rings (SSSR count). The molecule has 1 amide bonds. The monoisotopic (exact) mass is 442 g/mol. The van der Waals surface area contributed by atoms with E-state index < -0.39 is 0 Å². The Kier molecular flexibility index (Phi) is 9.48. The second-order valence-corrected chi connectivity index (χ2v) is 8.99. The minimum atomic E-state index is 0.107. The SMILES string of the molecule is COc1cc(OC)cc(N2CCN(CCC3CCC(NC(=O)CCCC#N)CC3)CC2)c1. The fraction of sp³-hybridized carbons (Fsp3) is 0.680. The number of unbranched alkanes of at least 4 members (excludes halogenated alkanes) is 1. The summed E-state index contributed by atoms with van der Waals surface area (Å²) in [5, 5.41) is 11.7. The molecule has 1 aliphatic heterocycles. The number of anilines is 1. The summed E-state index contributed by atoms with van der Waals surface area (Å²) in [6, 6.07) is 8.50. The number of piperazine rings is 1. The number of hydrogen-bond donors (Lipinski definition) is 1. The molecule has 1 heterocycles. The van der Waals surface area contributed by atoms with Crippen LogP contribution in [0.3, 0.4) is 0 Å². The maximum absolute atomic E-state index is 12.0. The molecule has 1 saturated carbocycles. The van der Waals surface area contributed by atoms with Gasteiger partial charge >= 0.3 is 0 Å². The van der Waals surface area contributed by atoms with Crippen LogP contribution in [-0.4, -0.2) is 63.8 Å². The molecule has 1 aromatic carbocycles. The van der Waals surface area contributed by atoms with Gasteiger partial charge in [-0.3, -0.25) is 9.69 Å². The Bertz CT molecular complexity index is 741. The van der Waals surface area contributed by atoms with Crippen LogP contribution in [0.2, 0.25) is 0 Å². The number of benzene rings is 1. The Balaban J connectivity index is 1.34. The molecule has 0 unspecified atom stereocenters. The van der Waals surface area contributed by atoms with Crippen molar-refractivity contribution in [1.29, 1.82) is 5.26 Å². The average Bonchev–Trinajstić information content (AvgIpc) is 2.83. The predicted molar refractivity (Wildman–Crippen MR) is 126 cm³/mol. The molecule has 0 aromatic heterocycles. The number of ether oxygens (including phenoxy) is 2. The van der Waals surface area contributed by atoms with Crippen molar-refractivity contribution in [3.05, 3.63) is 18.2 Å². The fourth-order valence-corrected chi connectivity index (χ4v) is 4.79. The smallest absolute Gasteiger partial charge is 0.220 e. The Morgan fingerprint density at radius 3 is 2.31 bits per heavy atom. The van der Waals surface area contributed by atoms with Gasteiger partial charge in [-0.1, -0.05) is 0 Å². The summed E-state index contributed by atoms with van der Waals surface area (Å²) in [4.78, 5) is 16.9. The second-order valence-electron chi connectivity index (χ2n) is 8.99. The lowest BCUT2D eigenvalue weighted by Crippen LogP contribution is -2.47. The summed E-state index contributed by atoms with van der Waals surface area (Å²) >= 11 is 0. The largest absolute Gasteiger partial charge is 0.497 e. The van der Waals surface area contributed by atoms with Crippen LogP contribution in [0.5, 0.6) is 11.5 Å². The van der Waals surface area contributed by atoms with Crippen LogP contribution in [0.4, 0.5) is 5.69 Å². The van der Waals surface area contributed by atoms with Gasteiger partial charge in [-0.25, -0.2) is 0 Å². The number of nitriles is 1. The molecule has 2 aliphatic rings. The zero-order valence-electron chi connectivity index (χ0n) is 19.6. The Hall–Kier alpha value is -2.46. The maximum atomic E-state index is 12.0. The van der Waals surface area contributed by atoms with E-state index in [2.05, 4.69) is 33.3 Å². The molecule has 0 atom stereocenters. The average molecular weight is 443 g/mol. The molecule has 32 heavy (non-hydrogen) atoms. The van der Waals surface area contributed by atoms with E-state index in [1.54, 1.807) is 14.2 Å². The van der Waals surface area contributed by atoms with E-state index in [-0.39, 0.29) is 5.91 Å². The van der Waals surface area contributed by atoms with Crippen molar-refractivity contribution in [3.8, 4) is 17.6 Å².